The van der Waals surface area contributed by atoms with Crippen LogP contribution in [0.4, 0.5) is 17.6 Å². The van der Waals surface area contributed by atoms with Crippen molar-refractivity contribution in [2.45, 2.75) is 20.0 Å². The van der Waals surface area contributed by atoms with Crippen LogP contribution in [0.5, 0.6) is 0 Å². The fraction of sp³-hybridized carbons (Fsp3) is 0.333. The van der Waals surface area contributed by atoms with E-state index in [4.69, 9.17) is 5.11 Å². The minimum atomic E-state index is -1.52. The molecule has 0 amide bonds. The van der Waals surface area contributed by atoms with Gasteiger partial charge in [0.25, 0.3) is 0 Å². The van der Waals surface area contributed by atoms with Crippen molar-refractivity contribution in [3.8, 4) is 0 Å². The maximum absolute atomic E-state index is 13.0. The molecule has 0 radical (unpaired) electrons. The van der Waals surface area contributed by atoms with Crippen molar-refractivity contribution in [1.29, 1.82) is 0 Å². The van der Waals surface area contributed by atoms with E-state index >= 15 is 0 Å². The summed E-state index contributed by atoms with van der Waals surface area (Å²) in [7, 11) is 0. The van der Waals surface area contributed by atoms with Gasteiger partial charge in [-0.05, 0) is 6.42 Å². The number of hydrogen-bond donors (Lipinski definition) is 1. The fourth-order valence-electron chi connectivity index (χ4n) is 1.17. The summed E-state index contributed by atoms with van der Waals surface area (Å²) in [5.74, 6) is -5.92. The second kappa shape index (κ2) is 3.96. The highest BCUT2D eigenvalue weighted by Crippen LogP contribution is 2.24. The van der Waals surface area contributed by atoms with Crippen molar-refractivity contribution in [2.24, 2.45) is 0 Å². The maximum atomic E-state index is 13.0. The summed E-state index contributed by atoms with van der Waals surface area (Å²) in [5.41, 5.74) is -1.62. The third-order valence-corrected chi connectivity index (χ3v) is 1.96. The number of rotatable bonds is 2. The number of halogens is 4. The van der Waals surface area contributed by atoms with Crippen LogP contribution in [0.1, 0.15) is 18.1 Å². The van der Waals surface area contributed by atoms with E-state index in [0.717, 1.165) is 0 Å². The van der Waals surface area contributed by atoms with E-state index in [-0.39, 0.29) is 6.42 Å². The van der Waals surface area contributed by atoms with Gasteiger partial charge in [-0.1, -0.05) is 6.92 Å². The molecule has 1 aromatic carbocycles. The van der Waals surface area contributed by atoms with Gasteiger partial charge in [-0.3, -0.25) is 0 Å². The Labute approximate surface area is 78.0 Å². The monoisotopic (exact) mass is 208 g/mol. The topological polar surface area (TPSA) is 20.2 Å². The molecular weight excluding hydrogens is 200 g/mol. The Bertz CT molecular complexity index is 298. The van der Waals surface area contributed by atoms with E-state index in [9.17, 15) is 17.6 Å². The molecule has 0 aliphatic rings. The molecule has 78 valence electrons. The molecule has 0 aliphatic heterocycles. The van der Waals surface area contributed by atoms with Crippen LogP contribution < -0.4 is 0 Å². The molecule has 0 saturated carbocycles. The smallest absolute Gasteiger partial charge is 0.167 e. The fourth-order valence-corrected chi connectivity index (χ4v) is 1.17. The predicted octanol–water partition coefficient (Wildman–Crippen LogP) is 2.30. The first kappa shape index (κ1) is 11.0. The SMILES string of the molecule is CCc1c(F)c(F)c(CO)c(F)c1F. The quantitative estimate of drug-likeness (QED) is 0.584. The molecule has 0 fully saturated rings. The van der Waals surface area contributed by atoms with Gasteiger partial charge in [0.05, 0.1) is 12.2 Å². The Morgan fingerprint density at radius 3 is 1.50 bits per heavy atom. The molecule has 5 heteroatoms. The van der Waals surface area contributed by atoms with Crippen LogP contribution in [-0.4, -0.2) is 5.11 Å². The summed E-state index contributed by atoms with van der Waals surface area (Å²) in [4.78, 5) is 0. The molecule has 0 atom stereocenters. The molecule has 14 heavy (non-hydrogen) atoms. The predicted molar refractivity (Wildman–Crippen MR) is 41.6 cm³/mol. The highest BCUT2D eigenvalue weighted by molar-refractivity contribution is 5.29. The summed E-state index contributed by atoms with van der Waals surface area (Å²) in [5, 5.41) is 8.50. The van der Waals surface area contributed by atoms with Gasteiger partial charge in [-0.2, -0.15) is 0 Å². The molecule has 0 saturated heterocycles. The van der Waals surface area contributed by atoms with E-state index in [1.54, 1.807) is 0 Å². The lowest BCUT2D eigenvalue weighted by Gasteiger charge is -2.08. The Kier molecular flexibility index (Phi) is 3.10. The van der Waals surface area contributed by atoms with Gasteiger partial charge in [-0.15, -0.1) is 0 Å². The van der Waals surface area contributed by atoms with Crippen molar-refractivity contribution < 1.29 is 22.7 Å². The summed E-state index contributed by atoms with van der Waals surface area (Å²) in [6, 6.07) is 0. The van der Waals surface area contributed by atoms with E-state index in [0.29, 0.717) is 0 Å². The first-order chi connectivity index (χ1) is 6.54. The first-order valence-electron chi connectivity index (χ1n) is 3.99. The average molecular weight is 208 g/mol. The molecule has 1 rings (SSSR count). The van der Waals surface area contributed by atoms with Crippen LogP contribution in [0.3, 0.4) is 0 Å². The van der Waals surface area contributed by atoms with Crippen molar-refractivity contribution in [3.05, 3.63) is 34.4 Å². The number of benzene rings is 1. The molecule has 0 spiro atoms. The van der Waals surface area contributed by atoms with Gasteiger partial charge in [0.15, 0.2) is 23.3 Å². The van der Waals surface area contributed by atoms with E-state index in [2.05, 4.69) is 0 Å². The molecule has 0 bridgehead atoms. The van der Waals surface area contributed by atoms with Crippen LogP contribution in [0.2, 0.25) is 0 Å². The largest absolute Gasteiger partial charge is 0.391 e. The number of hydrogen-bond acceptors (Lipinski definition) is 1. The second-order valence-electron chi connectivity index (χ2n) is 2.72. The Hall–Kier alpha value is -1.10. The van der Waals surface area contributed by atoms with Crippen molar-refractivity contribution in [2.75, 3.05) is 0 Å². The van der Waals surface area contributed by atoms with E-state index in [1.807, 2.05) is 0 Å². The maximum Gasteiger partial charge on any atom is 0.167 e. The van der Waals surface area contributed by atoms with Crippen LogP contribution in [0.25, 0.3) is 0 Å². The zero-order valence-electron chi connectivity index (χ0n) is 7.37. The van der Waals surface area contributed by atoms with Gasteiger partial charge < -0.3 is 5.11 Å². The standard InChI is InChI=1S/C9H8F4O/c1-2-4-6(10)8(12)5(3-14)9(13)7(4)11/h14H,2-3H2,1H3. The summed E-state index contributed by atoms with van der Waals surface area (Å²) < 4.78 is 51.9. The van der Waals surface area contributed by atoms with Crippen LogP contribution in [0.15, 0.2) is 0 Å². The van der Waals surface area contributed by atoms with Crippen molar-refractivity contribution in [3.63, 3.8) is 0 Å². The molecule has 1 N–H and O–H groups in total. The highest BCUT2D eigenvalue weighted by atomic mass is 19.2. The van der Waals surface area contributed by atoms with Crippen molar-refractivity contribution >= 4 is 0 Å². The average Bonchev–Trinajstić information content (AvgIpc) is 2.17. The summed E-state index contributed by atoms with van der Waals surface area (Å²) in [6.07, 6.45) is -0.156. The lowest BCUT2D eigenvalue weighted by Crippen LogP contribution is -2.07. The number of aliphatic hydroxyl groups excluding tert-OH is 1. The Morgan fingerprint density at radius 1 is 0.857 bits per heavy atom. The lowest BCUT2D eigenvalue weighted by atomic mass is 10.1. The van der Waals surface area contributed by atoms with Gasteiger partial charge in [0.2, 0.25) is 0 Å². The van der Waals surface area contributed by atoms with Gasteiger partial charge >= 0.3 is 0 Å². The molecule has 0 unspecified atom stereocenters. The summed E-state index contributed by atoms with van der Waals surface area (Å²) in [6.45, 7) is 0.300. The Balaban J connectivity index is 3.55. The summed E-state index contributed by atoms with van der Waals surface area (Å²) >= 11 is 0. The minimum absolute atomic E-state index is 0.156. The third-order valence-electron chi connectivity index (χ3n) is 1.96. The Morgan fingerprint density at radius 2 is 1.21 bits per heavy atom. The third kappa shape index (κ3) is 1.48. The van der Waals surface area contributed by atoms with Crippen molar-refractivity contribution in [1.82, 2.24) is 0 Å². The first-order valence-corrected chi connectivity index (χ1v) is 3.99. The van der Waals surface area contributed by atoms with E-state index in [1.165, 1.54) is 6.92 Å². The second-order valence-corrected chi connectivity index (χ2v) is 2.72. The number of aliphatic hydroxyl groups is 1. The van der Waals surface area contributed by atoms with Gasteiger partial charge in [0, 0.05) is 5.56 Å². The zero-order chi connectivity index (χ0) is 10.9. The zero-order valence-corrected chi connectivity index (χ0v) is 7.37. The van der Waals surface area contributed by atoms with Gasteiger partial charge in [-0.25, -0.2) is 17.6 Å². The molecule has 1 nitrogen and oxygen atoms in total. The molecule has 1 aromatic rings. The molecule has 0 aliphatic carbocycles. The minimum Gasteiger partial charge on any atom is -0.391 e. The highest BCUT2D eigenvalue weighted by Gasteiger charge is 2.23. The molecule has 0 heterocycles. The van der Waals surface area contributed by atoms with Crippen LogP contribution >= 0.6 is 0 Å². The lowest BCUT2D eigenvalue weighted by molar-refractivity contribution is 0.262. The van der Waals surface area contributed by atoms with Crippen LogP contribution in [-0.2, 0) is 13.0 Å². The van der Waals surface area contributed by atoms with E-state index < -0.39 is 41.0 Å². The van der Waals surface area contributed by atoms with Crippen LogP contribution in [0, 0.1) is 23.3 Å². The normalized spacial score (nSPS) is 10.7. The van der Waals surface area contributed by atoms with Gasteiger partial charge in [0.1, 0.15) is 0 Å². The molecule has 0 aromatic heterocycles. The molecular formula is C9H8F4O.